The fourth-order valence-electron chi connectivity index (χ4n) is 1.05. The quantitative estimate of drug-likeness (QED) is 0.708. The zero-order valence-electron chi connectivity index (χ0n) is 8.16. The zero-order chi connectivity index (χ0) is 10.4. The van der Waals surface area contributed by atoms with Gasteiger partial charge in [-0.1, -0.05) is 30.4 Å². The van der Waals surface area contributed by atoms with E-state index in [9.17, 15) is 4.79 Å². The van der Waals surface area contributed by atoms with Gasteiger partial charge in [0.2, 0.25) is 5.91 Å². The Bertz CT molecular complexity index is 345. The van der Waals surface area contributed by atoms with E-state index in [1.807, 2.05) is 36.4 Å². The van der Waals surface area contributed by atoms with E-state index in [0.717, 1.165) is 11.3 Å². The number of amides is 1. The molecule has 1 amide bonds. The topological polar surface area (TPSA) is 55.1 Å². The van der Waals surface area contributed by atoms with Gasteiger partial charge in [0.25, 0.3) is 0 Å². The number of carbonyl (C=O) groups excluding carboxylic acids is 1. The first-order valence-corrected chi connectivity index (χ1v) is 4.45. The molecule has 3 N–H and O–H groups in total. The number of hydrogen-bond acceptors (Lipinski definition) is 2. The molecular formula is C11H14N2O. The Labute approximate surface area is 83.6 Å². The highest BCUT2D eigenvalue weighted by molar-refractivity contribution is 5.73. The molecule has 0 unspecified atom stereocenters. The number of anilines is 1. The molecule has 1 rings (SSSR count). The Morgan fingerprint density at radius 3 is 2.86 bits per heavy atom. The average Bonchev–Trinajstić information content (AvgIpc) is 2.15. The number of nitrogens with two attached hydrogens (primary N) is 1. The van der Waals surface area contributed by atoms with E-state index in [-0.39, 0.29) is 5.91 Å². The van der Waals surface area contributed by atoms with E-state index in [0.29, 0.717) is 6.54 Å². The van der Waals surface area contributed by atoms with Crippen molar-refractivity contribution in [3.63, 3.8) is 0 Å². The number of benzene rings is 1. The van der Waals surface area contributed by atoms with Gasteiger partial charge in [-0.05, 0) is 11.6 Å². The summed E-state index contributed by atoms with van der Waals surface area (Å²) in [6.45, 7) is 2.02. The van der Waals surface area contributed by atoms with Gasteiger partial charge in [-0.15, -0.1) is 0 Å². The van der Waals surface area contributed by atoms with E-state index in [1.54, 1.807) is 0 Å². The summed E-state index contributed by atoms with van der Waals surface area (Å²) in [4.78, 5) is 10.6. The van der Waals surface area contributed by atoms with Crippen LogP contribution in [0.1, 0.15) is 12.5 Å². The minimum absolute atomic E-state index is 0.0318. The number of carbonyl (C=O) groups is 1. The molecule has 0 fully saturated rings. The summed E-state index contributed by atoms with van der Waals surface area (Å²) in [5, 5.41) is 2.67. The van der Waals surface area contributed by atoms with E-state index in [4.69, 9.17) is 5.73 Å². The number of nitrogens with one attached hydrogen (secondary N) is 1. The lowest BCUT2D eigenvalue weighted by Crippen LogP contribution is -2.19. The summed E-state index contributed by atoms with van der Waals surface area (Å²) >= 11 is 0. The summed E-state index contributed by atoms with van der Waals surface area (Å²) < 4.78 is 0. The van der Waals surface area contributed by atoms with Crippen molar-refractivity contribution < 1.29 is 4.79 Å². The number of nitrogen functional groups attached to an aromatic ring is 1. The highest BCUT2D eigenvalue weighted by Gasteiger charge is 1.91. The van der Waals surface area contributed by atoms with Crippen molar-refractivity contribution in [2.45, 2.75) is 6.92 Å². The lowest BCUT2D eigenvalue weighted by atomic mass is 10.2. The summed E-state index contributed by atoms with van der Waals surface area (Å²) in [6.07, 6.45) is 3.76. The molecule has 0 aromatic heterocycles. The standard InChI is InChI=1S/C11H14N2O/c1-9(14)13-8-4-6-10-5-2-3-7-11(10)12/h2-7H,8,12H2,1H3,(H,13,14). The van der Waals surface area contributed by atoms with E-state index < -0.39 is 0 Å². The SMILES string of the molecule is CC(=O)NCC=Cc1ccccc1N. The maximum absolute atomic E-state index is 10.6. The second kappa shape index (κ2) is 5.07. The van der Waals surface area contributed by atoms with Gasteiger partial charge in [-0.3, -0.25) is 4.79 Å². The van der Waals surface area contributed by atoms with Crippen LogP contribution in [0, 0.1) is 0 Å². The molecule has 0 heterocycles. The molecule has 0 atom stereocenters. The molecular weight excluding hydrogens is 176 g/mol. The second-order valence-electron chi connectivity index (χ2n) is 2.97. The van der Waals surface area contributed by atoms with Crippen LogP contribution in [0.2, 0.25) is 0 Å². The molecule has 3 nitrogen and oxygen atoms in total. The molecule has 14 heavy (non-hydrogen) atoms. The van der Waals surface area contributed by atoms with Gasteiger partial charge < -0.3 is 11.1 Å². The molecule has 74 valence electrons. The van der Waals surface area contributed by atoms with Gasteiger partial charge in [-0.25, -0.2) is 0 Å². The highest BCUT2D eigenvalue weighted by Crippen LogP contribution is 2.11. The van der Waals surface area contributed by atoms with Crippen molar-refractivity contribution in [1.82, 2.24) is 5.32 Å². The van der Waals surface area contributed by atoms with Crippen LogP contribution in [0.15, 0.2) is 30.3 Å². The molecule has 3 heteroatoms. The molecule has 0 aliphatic heterocycles. The van der Waals surface area contributed by atoms with Crippen molar-refractivity contribution in [3.8, 4) is 0 Å². The van der Waals surface area contributed by atoms with Gasteiger partial charge in [-0.2, -0.15) is 0 Å². The minimum atomic E-state index is -0.0318. The maximum Gasteiger partial charge on any atom is 0.217 e. The van der Waals surface area contributed by atoms with Crippen molar-refractivity contribution in [3.05, 3.63) is 35.9 Å². The van der Waals surface area contributed by atoms with Crippen LogP contribution in [0.25, 0.3) is 6.08 Å². The van der Waals surface area contributed by atoms with Crippen LogP contribution >= 0.6 is 0 Å². The smallest absolute Gasteiger partial charge is 0.217 e. The predicted molar refractivity (Wildman–Crippen MR) is 58.6 cm³/mol. The number of rotatable bonds is 3. The summed E-state index contributed by atoms with van der Waals surface area (Å²) in [7, 11) is 0. The van der Waals surface area contributed by atoms with E-state index >= 15 is 0 Å². The van der Waals surface area contributed by atoms with Crippen molar-refractivity contribution in [2.75, 3.05) is 12.3 Å². The normalized spacial score (nSPS) is 10.4. The number of hydrogen-bond donors (Lipinski definition) is 2. The van der Waals surface area contributed by atoms with Gasteiger partial charge >= 0.3 is 0 Å². The lowest BCUT2D eigenvalue weighted by molar-refractivity contribution is -0.118. The van der Waals surface area contributed by atoms with Crippen molar-refractivity contribution in [2.24, 2.45) is 0 Å². The second-order valence-corrected chi connectivity index (χ2v) is 2.97. The van der Waals surface area contributed by atoms with Gasteiger partial charge in [0, 0.05) is 19.2 Å². The van der Waals surface area contributed by atoms with Gasteiger partial charge in [0.1, 0.15) is 0 Å². The molecule has 1 aromatic rings. The Morgan fingerprint density at radius 2 is 2.21 bits per heavy atom. The minimum Gasteiger partial charge on any atom is -0.398 e. The third kappa shape index (κ3) is 3.31. The lowest BCUT2D eigenvalue weighted by Gasteiger charge is -1.98. The first kappa shape index (κ1) is 10.3. The largest absolute Gasteiger partial charge is 0.398 e. The summed E-state index contributed by atoms with van der Waals surface area (Å²) in [5.74, 6) is -0.0318. The van der Waals surface area contributed by atoms with Crippen LogP contribution in [-0.4, -0.2) is 12.5 Å². The van der Waals surface area contributed by atoms with Crippen LogP contribution in [0.3, 0.4) is 0 Å². The average molecular weight is 190 g/mol. The first-order chi connectivity index (χ1) is 6.70. The summed E-state index contributed by atoms with van der Waals surface area (Å²) in [5.41, 5.74) is 7.44. The van der Waals surface area contributed by atoms with Gasteiger partial charge in [0.15, 0.2) is 0 Å². The third-order valence-corrected chi connectivity index (χ3v) is 1.76. The van der Waals surface area contributed by atoms with Crippen molar-refractivity contribution in [1.29, 1.82) is 0 Å². The fourth-order valence-corrected chi connectivity index (χ4v) is 1.05. The third-order valence-electron chi connectivity index (χ3n) is 1.76. The van der Waals surface area contributed by atoms with Crippen LogP contribution in [0.4, 0.5) is 5.69 Å². The van der Waals surface area contributed by atoms with Crippen LogP contribution in [0.5, 0.6) is 0 Å². The van der Waals surface area contributed by atoms with Crippen molar-refractivity contribution >= 4 is 17.7 Å². The van der Waals surface area contributed by atoms with Crippen LogP contribution in [-0.2, 0) is 4.79 Å². The molecule has 0 spiro atoms. The Hall–Kier alpha value is -1.77. The maximum atomic E-state index is 10.6. The van der Waals surface area contributed by atoms with E-state index in [2.05, 4.69) is 5.32 Å². The Balaban J connectivity index is 2.52. The number of para-hydroxylation sites is 1. The monoisotopic (exact) mass is 190 g/mol. The molecule has 1 aromatic carbocycles. The molecule has 0 aliphatic rings. The van der Waals surface area contributed by atoms with Crippen LogP contribution < -0.4 is 11.1 Å². The Morgan fingerprint density at radius 1 is 1.50 bits per heavy atom. The molecule has 0 saturated carbocycles. The van der Waals surface area contributed by atoms with E-state index in [1.165, 1.54) is 6.92 Å². The molecule has 0 bridgehead atoms. The summed E-state index contributed by atoms with van der Waals surface area (Å²) in [6, 6.07) is 7.59. The first-order valence-electron chi connectivity index (χ1n) is 4.45. The highest BCUT2D eigenvalue weighted by atomic mass is 16.1. The molecule has 0 saturated heterocycles. The zero-order valence-corrected chi connectivity index (χ0v) is 8.16. The predicted octanol–water partition coefficient (Wildman–Crippen LogP) is 1.42. The molecule has 0 aliphatic carbocycles. The van der Waals surface area contributed by atoms with Gasteiger partial charge in [0.05, 0.1) is 0 Å². The fraction of sp³-hybridized carbons (Fsp3) is 0.182. The molecule has 0 radical (unpaired) electrons. The Kier molecular flexibility index (Phi) is 3.73.